The molecule has 0 spiro atoms. The Kier molecular flexibility index (Phi) is 3.87. The van der Waals surface area contributed by atoms with Crippen molar-refractivity contribution in [2.24, 2.45) is 5.10 Å². The standard InChI is InChI=1S/C18H14N2O4/c1-11-14(10-12-6-2-4-8-15(12)21)18(24)20(19-11)17(23)13-7-3-5-9-16(13)22/h2-10,21-22H,1H3/b14-10+. The molecule has 6 heteroatoms. The van der Waals surface area contributed by atoms with Crippen LogP contribution in [0.15, 0.2) is 59.2 Å². The largest absolute Gasteiger partial charge is 0.507 e. The second-order valence-corrected chi connectivity index (χ2v) is 5.24. The number of rotatable bonds is 2. The van der Waals surface area contributed by atoms with Gasteiger partial charge in [0.25, 0.3) is 11.8 Å². The maximum absolute atomic E-state index is 12.5. The predicted octanol–water partition coefficient (Wildman–Crippen LogP) is 2.54. The molecule has 0 bridgehead atoms. The third-order valence-electron chi connectivity index (χ3n) is 3.63. The maximum atomic E-state index is 12.5. The monoisotopic (exact) mass is 322 g/mol. The molecule has 1 heterocycles. The number of hydrazone groups is 1. The number of carbonyl (C=O) groups excluding carboxylic acids is 2. The van der Waals surface area contributed by atoms with Gasteiger partial charge in [0.1, 0.15) is 11.5 Å². The number of hydrogen-bond donors (Lipinski definition) is 2. The van der Waals surface area contributed by atoms with Crippen molar-refractivity contribution in [2.75, 3.05) is 0 Å². The summed E-state index contributed by atoms with van der Waals surface area (Å²) in [5.41, 5.74) is 1.01. The number of phenols is 2. The highest BCUT2D eigenvalue weighted by Gasteiger charge is 2.34. The first-order valence-corrected chi connectivity index (χ1v) is 7.21. The summed E-state index contributed by atoms with van der Waals surface area (Å²) in [6, 6.07) is 12.5. The van der Waals surface area contributed by atoms with Gasteiger partial charge in [-0.25, -0.2) is 0 Å². The zero-order valence-corrected chi connectivity index (χ0v) is 12.8. The molecule has 1 aliphatic heterocycles. The van der Waals surface area contributed by atoms with E-state index in [2.05, 4.69) is 5.10 Å². The minimum Gasteiger partial charge on any atom is -0.507 e. The van der Waals surface area contributed by atoms with Gasteiger partial charge >= 0.3 is 0 Å². The first-order valence-electron chi connectivity index (χ1n) is 7.21. The molecule has 0 saturated carbocycles. The Hall–Kier alpha value is -3.41. The van der Waals surface area contributed by atoms with E-state index in [1.54, 1.807) is 37.3 Å². The van der Waals surface area contributed by atoms with E-state index in [0.717, 1.165) is 5.01 Å². The van der Waals surface area contributed by atoms with Gasteiger partial charge < -0.3 is 10.2 Å². The van der Waals surface area contributed by atoms with E-state index in [4.69, 9.17) is 0 Å². The van der Waals surface area contributed by atoms with Crippen LogP contribution in [0.5, 0.6) is 11.5 Å². The Morgan fingerprint density at radius 1 is 1.04 bits per heavy atom. The smallest absolute Gasteiger partial charge is 0.285 e. The van der Waals surface area contributed by atoms with Crippen LogP contribution in [0.25, 0.3) is 6.08 Å². The second kappa shape index (κ2) is 6.00. The normalized spacial score (nSPS) is 15.7. The summed E-state index contributed by atoms with van der Waals surface area (Å²) in [6.07, 6.45) is 1.48. The van der Waals surface area contributed by atoms with Gasteiger partial charge in [0, 0.05) is 5.56 Å². The molecule has 0 aromatic heterocycles. The molecule has 3 rings (SSSR count). The highest BCUT2D eigenvalue weighted by Crippen LogP contribution is 2.26. The predicted molar refractivity (Wildman–Crippen MR) is 88.5 cm³/mol. The summed E-state index contributed by atoms with van der Waals surface area (Å²) in [6.45, 7) is 1.60. The van der Waals surface area contributed by atoms with Crippen LogP contribution in [0.3, 0.4) is 0 Å². The van der Waals surface area contributed by atoms with Crippen LogP contribution < -0.4 is 0 Å². The van der Waals surface area contributed by atoms with Crippen LogP contribution in [-0.2, 0) is 4.79 Å². The molecule has 0 atom stereocenters. The quantitative estimate of drug-likeness (QED) is 0.657. The Morgan fingerprint density at radius 3 is 2.33 bits per heavy atom. The molecule has 120 valence electrons. The van der Waals surface area contributed by atoms with Gasteiger partial charge in [0.15, 0.2) is 0 Å². The van der Waals surface area contributed by atoms with Crippen molar-refractivity contribution in [2.45, 2.75) is 6.92 Å². The molecule has 2 aromatic carbocycles. The van der Waals surface area contributed by atoms with E-state index in [-0.39, 0.29) is 22.6 Å². The zero-order valence-electron chi connectivity index (χ0n) is 12.8. The topological polar surface area (TPSA) is 90.2 Å². The fourth-order valence-electron chi connectivity index (χ4n) is 2.36. The highest BCUT2D eigenvalue weighted by molar-refractivity contribution is 6.31. The van der Waals surface area contributed by atoms with E-state index < -0.39 is 11.8 Å². The van der Waals surface area contributed by atoms with Gasteiger partial charge in [-0.15, -0.1) is 0 Å². The van der Waals surface area contributed by atoms with Crippen molar-refractivity contribution in [1.29, 1.82) is 0 Å². The first kappa shape index (κ1) is 15.5. The summed E-state index contributed by atoms with van der Waals surface area (Å²) in [5, 5.41) is 24.3. The van der Waals surface area contributed by atoms with E-state index in [9.17, 15) is 19.8 Å². The minimum absolute atomic E-state index is 0.00814. The molecular formula is C18H14N2O4. The Bertz CT molecular complexity index is 899. The lowest BCUT2D eigenvalue weighted by Gasteiger charge is -2.10. The number of carbonyl (C=O) groups is 2. The van der Waals surface area contributed by atoms with E-state index in [1.165, 1.54) is 24.3 Å². The fraction of sp³-hybridized carbons (Fsp3) is 0.0556. The van der Waals surface area contributed by atoms with Crippen LogP contribution in [0, 0.1) is 0 Å². The fourth-order valence-corrected chi connectivity index (χ4v) is 2.36. The Labute approximate surface area is 138 Å². The maximum Gasteiger partial charge on any atom is 0.285 e. The SMILES string of the molecule is CC1=NN(C(=O)c2ccccc2O)C(=O)/C1=C/c1ccccc1O. The van der Waals surface area contributed by atoms with Gasteiger partial charge in [0.05, 0.1) is 16.8 Å². The molecule has 2 N–H and O–H groups in total. The number of phenolic OH excluding ortho intramolecular Hbond substituents is 2. The molecule has 0 fully saturated rings. The third-order valence-corrected chi connectivity index (χ3v) is 3.63. The average molecular weight is 322 g/mol. The van der Waals surface area contributed by atoms with E-state index in [1.807, 2.05) is 0 Å². The first-order chi connectivity index (χ1) is 11.5. The summed E-state index contributed by atoms with van der Waals surface area (Å²) in [4.78, 5) is 25.0. The molecule has 0 aliphatic carbocycles. The van der Waals surface area contributed by atoms with E-state index >= 15 is 0 Å². The number of benzene rings is 2. The zero-order chi connectivity index (χ0) is 17.3. The highest BCUT2D eigenvalue weighted by atomic mass is 16.3. The Balaban J connectivity index is 1.95. The minimum atomic E-state index is -0.710. The van der Waals surface area contributed by atoms with Crippen molar-refractivity contribution in [3.63, 3.8) is 0 Å². The third kappa shape index (κ3) is 2.65. The number of hydrogen-bond acceptors (Lipinski definition) is 5. The summed E-state index contributed by atoms with van der Waals surface area (Å²) in [7, 11) is 0. The molecule has 24 heavy (non-hydrogen) atoms. The average Bonchev–Trinajstić information content (AvgIpc) is 2.85. The second-order valence-electron chi connectivity index (χ2n) is 5.24. The summed E-state index contributed by atoms with van der Waals surface area (Å²) in [5.74, 6) is -1.51. The molecule has 0 saturated heterocycles. The number of nitrogens with zero attached hydrogens (tertiary/aromatic N) is 2. The van der Waals surface area contributed by atoms with Crippen LogP contribution in [0.1, 0.15) is 22.8 Å². The lowest BCUT2D eigenvalue weighted by Crippen LogP contribution is -2.29. The van der Waals surface area contributed by atoms with Gasteiger partial charge in [0.2, 0.25) is 0 Å². The summed E-state index contributed by atoms with van der Waals surface area (Å²) < 4.78 is 0. The Morgan fingerprint density at radius 2 is 1.67 bits per heavy atom. The van der Waals surface area contributed by atoms with Crippen molar-refractivity contribution < 1.29 is 19.8 Å². The number of aromatic hydroxyl groups is 2. The molecule has 2 aromatic rings. The van der Waals surface area contributed by atoms with Crippen LogP contribution >= 0.6 is 0 Å². The van der Waals surface area contributed by atoms with Crippen LogP contribution in [0.2, 0.25) is 0 Å². The molecule has 1 aliphatic rings. The van der Waals surface area contributed by atoms with Gasteiger partial charge in [-0.3, -0.25) is 9.59 Å². The molecule has 0 radical (unpaired) electrons. The van der Waals surface area contributed by atoms with Crippen LogP contribution in [0.4, 0.5) is 0 Å². The van der Waals surface area contributed by atoms with Crippen molar-refractivity contribution in [1.82, 2.24) is 5.01 Å². The molecule has 2 amide bonds. The number of imide groups is 1. The molecule has 0 unspecified atom stereocenters. The van der Waals surface area contributed by atoms with Crippen LogP contribution in [-0.4, -0.2) is 32.7 Å². The number of amides is 2. The van der Waals surface area contributed by atoms with Crippen molar-refractivity contribution >= 4 is 23.6 Å². The van der Waals surface area contributed by atoms with Crippen molar-refractivity contribution in [3.8, 4) is 11.5 Å². The lowest BCUT2D eigenvalue weighted by atomic mass is 10.1. The van der Waals surface area contributed by atoms with Gasteiger partial charge in [-0.1, -0.05) is 30.3 Å². The summed E-state index contributed by atoms with van der Waals surface area (Å²) >= 11 is 0. The molecular weight excluding hydrogens is 308 g/mol. The van der Waals surface area contributed by atoms with Gasteiger partial charge in [-0.05, 0) is 31.2 Å². The van der Waals surface area contributed by atoms with Crippen molar-refractivity contribution in [3.05, 3.63) is 65.2 Å². The number of para-hydroxylation sites is 2. The molecule has 6 nitrogen and oxygen atoms in total. The van der Waals surface area contributed by atoms with E-state index in [0.29, 0.717) is 11.3 Å². The lowest BCUT2D eigenvalue weighted by molar-refractivity contribution is -0.123. The van der Waals surface area contributed by atoms with Gasteiger partial charge in [-0.2, -0.15) is 10.1 Å².